The van der Waals surface area contributed by atoms with E-state index in [0.29, 0.717) is 0 Å². The van der Waals surface area contributed by atoms with Crippen LogP contribution < -0.4 is 5.32 Å². The first kappa shape index (κ1) is 15.2. The highest BCUT2D eigenvalue weighted by Gasteiger charge is 2.00. The first-order chi connectivity index (χ1) is 7.16. The van der Waals surface area contributed by atoms with Crippen LogP contribution in [0.1, 0.15) is 65.7 Å². The van der Waals surface area contributed by atoms with Gasteiger partial charge in [-0.3, -0.25) is 0 Å². The molecule has 0 aliphatic carbocycles. The summed E-state index contributed by atoms with van der Waals surface area (Å²) in [5, 5.41) is 3.35. The molecule has 0 heterocycles. The van der Waals surface area contributed by atoms with E-state index in [2.05, 4.69) is 26.1 Å². The van der Waals surface area contributed by atoms with Crippen molar-refractivity contribution in [3.63, 3.8) is 0 Å². The molecule has 0 aliphatic rings. The second-order valence-electron chi connectivity index (χ2n) is 4.81. The van der Waals surface area contributed by atoms with E-state index in [0.717, 1.165) is 25.3 Å². The summed E-state index contributed by atoms with van der Waals surface area (Å²) in [6.45, 7) is 7.84. The summed E-state index contributed by atoms with van der Waals surface area (Å²) in [7, 11) is 0. The summed E-state index contributed by atoms with van der Waals surface area (Å²) in [6.07, 6.45) is 8.99. The van der Waals surface area contributed by atoms with Gasteiger partial charge in [-0.1, -0.05) is 52.9 Å². The second-order valence-corrected chi connectivity index (χ2v) is 5.33. The zero-order valence-electron chi connectivity index (χ0n) is 10.7. The summed E-state index contributed by atoms with van der Waals surface area (Å²) in [6, 6.07) is 0. The molecule has 0 bridgehead atoms. The Morgan fingerprint density at radius 3 is 2.27 bits per heavy atom. The molecule has 2 heteroatoms. The van der Waals surface area contributed by atoms with E-state index in [1.54, 1.807) is 0 Å². The lowest BCUT2D eigenvalue weighted by Gasteiger charge is -2.10. The molecule has 0 aromatic rings. The summed E-state index contributed by atoms with van der Waals surface area (Å²) < 4.78 is 0. The molecular formula is C13H28ClN. The fraction of sp³-hybridized carbons (Fsp3) is 1.00. The topological polar surface area (TPSA) is 12.0 Å². The second kappa shape index (κ2) is 10.8. The smallest absolute Gasteiger partial charge is 0.0825 e. The number of rotatable bonds is 10. The number of unbranched alkanes of at least 4 members (excludes halogenated alkanes) is 3. The Hall–Kier alpha value is 0.250. The molecule has 0 spiro atoms. The van der Waals surface area contributed by atoms with Crippen molar-refractivity contribution in [2.24, 2.45) is 5.92 Å². The third kappa shape index (κ3) is 12.2. The lowest BCUT2D eigenvalue weighted by atomic mass is 10.0. The number of halogens is 1. The molecule has 0 aromatic carbocycles. The van der Waals surface area contributed by atoms with Gasteiger partial charge in [-0.25, -0.2) is 0 Å². The van der Waals surface area contributed by atoms with Crippen molar-refractivity contribution in [2.75, 3.05) is 6.54 Å². The summed E-state index contributed by atoms with van der Waals surface area (Å²) in [5.41, 5.74) is 0.186. The Morgan fingerprint density at radius 1 is 1.00 bits per heavy atom. The van der Waals surface area contributed by atoms with Crippen molar-refractivity contribution in [2.45, 2.75) is 71.2 Å². The van der Waals surface area contributed by atoms with E-state index >= 15 is 0 Å². The van der Waals surface area contributed by atoms with Crippen LogP contribution in [0.25, 0.3) is 0 Å². The highest BCUT2D eigenvalue weighted by molar-refractivity contribution is 6.20. The predicted octanol–water partition coefficient (Wildman–Crippen LogP) is 4.55. The van der Waals surface area contributed by atoms with Crippen molar-refractivity contribution in [1.82, 2.24) is 5.32 Å². The Balaban J connectivity index is 3.04. The van der Waals surface area contributed by atoms with Crippen LogP contribution in [-0.2, 0) is 0 Å². The zero-order chi connectivity index (χ0) is 11.5. The van der Waals surface area contributed by atoms with E-state index < -0.39 is 0 Å². The minimum atomic E-state index is 0.186. The first-order valence-electron chi connectivity index (χ1n) is 6.54. The SMILES string of the molecule is CCCC(Cl)NCCCCCCC(C)C. The van der Waals surface area contributed by atoms with Crippen LogP contribution in [0, 0.1) is 5.92 Å². The Kier molecular flexibility index (Phi) is 10.9. The van der Waals surface area contributed by atoms with Crippen molar-refractivity contribution in [3.8, 4) is 0 Å². The maximum Gasteiger partial charge on any atom is 0.0825 e. The molecule has 1 nitrogen and oxygen atoms in total. The van der Waals surface area contributed by atoms with Gasteiger partial charge in [0, 0.05) is 0 Å². The van der Waals surface area contributed by atoms with E-state index in [-0.39, 0.29) is 5.50 Å². The van der Waals surface area contributed by atoms with E-state index in [9.17, 15) is 0 Å². The lowest BCUT2D eigenvalue weighted by Crippen LogP contribution is -2.24. The summed E-state index contributed by atoms with van der Waals surface area (Å²) in [5.74, 6) is 0.861. The molecule has 92 valence electrons. The molecule has 0 saturated carbocycles. The molecule has 1 unspecified atom stereocenters. The highest BCUT2D eigenvalue weighted by Crippen LogP contribution is 2.09. The maximum atomic E-state index is 6.05. The van der Waals surface area contributed by atoms with Crippen molar-refractivity contribution in [3.05, 3.63) is 0 Å². The average Bonchev–Trinajstić information content (AvgIpc) is 2.16. The first-order valence-corrected chi connectivity index (χ1v) is 6.98. The standard InChI is InChI=1S/C13H28ClN/c1-4-9-13(14)15-11-8-6-5-7-10-12(2)3/h12-13,15H,4-11H2,1-3H3. The van der Waals surface area contributed by atoms with Crippen LogP contribution in [0.2, 0.25) is 0 Å². The van der Waals surface area contributed by atoms with Gasteiger partial charge < -0.3 is 5.32 Å². The Bertz CT molecular complexity index is 126. The summed E-state index contributed by atoms with van der Waals surface area (Å²) >= 11 is 6.05. The molecular weight excluding hydrogens is 206 g/mol. The van der Waals surface area contributed by atoms with Gasteiger partial charge in [-0.2, -0.15) is 0 Å². The van der Waals surface area contributed by atoms with Crippen molar-refractivity contribution < 1.29 is 0 Å². The van der Waals surface area contributed by atoms with E-state index in [1.807, 2.05) is 0 Å². The molecule has 15 heavy (non-hydrogen) atoms. The molecule has 0 amide bonds. The van der Waals surface area contributed by atoms with Crippen molar-refractivity contribution >= 4 is 11.6 Å². The monoisotopic (exact) mass is 233 g/mol. The molecule has 0 fully saturated rings. The molecule has 1 N–H and O–H groups in total. The van der Waals surface area contributed by atoms with Gasteiger partial charge >= 0.3 is 0 Å². The van der Waals surface area contributed by atoms with Crippen LogP contribution in [0.15, 0.2) is 0 Å². The van der Waals surface area contributed by atoms with Crippen LogP contribution in [-0.4, -0.2) is 12.0 Å². The molecule has 0 saturated heterocycles. The normalized spacial score (nSPS) is 13.4. The number of hydrogen-bond donors (Lipinski definition) is 1. The Labute approximate surface area is 101 Å². The van der Waals surface area contributed by atoms with Gasteiger partial charge in [-0.05, 0) is 25.3 Å². The number of alkyl halides is 1. The van der Waals surface area contributed by atoms with Crippen molar-refractivity contribution in [1.29, 1.82) is 0 Å². The minimum absolute atomic E-state index is 0.186. The lowest BCUT2D eigenvalue weighted by molar-refractivity contribution is 0.505. The average molecular weight is 234 g/mol. The minimum Gasteiger partial charge on any atom is -0.301 e. The highest BCUT2D eigenvalue weighted by atomic mass is 35.5. The molecule has 0 radical (unpaired) electrons. The third-order valence-corrected chi connectivity index (χ3v) is 2.99. The van der Waals surface area contributed by atoms with Crippen LogP contribution in [0.4, 0.5) is 0 Å². The van der Waals surface area contributed by atoms with Gasteiger partial charge in [0.2, 0.25) is 0 Å². The van der Waals surface area contributed by atoms with Gasteiger partial charge in [0.1, 0.15) is 0 Å². The number of nitrogens with one attached hydrogen (secondary N) is 1. The van der Waals surface area contributed by atoms with Gasteiger partial charge in [-0.15, -0.1) is 11.6 Å². The van der Waals surface area contributed by atoms with Crippen LogP contribution in [0.3, 0.4) is 0 Å². The van der Waals surface area contributed by atoms with Gasteiger partial charge in [0.25, 0.3) is 0 Å². The quantitative estimate of drug-likeness (QED) is 0.332. The molecule has 0 rings (SSSR count). The Morgan fingerprint density at radius 2 is 1.67 bits per heavy atom. The summed E-state index contributed by atoms with van der Waals surface area (Å²) in [4.78, 5) is 0. The predicted molar refractivity (Wildman–Crippen MR) is 70.5 cm³/mol. The zero-order valence-corrected chi connectivity index (χ0v) is 11.4. The van der Waals surface area contributed by atoms with E-state index in [4.69, 9.17) is 11.6 Å². The van der Waals surface area contributed by atoms with Crippen LogP contribution >= 0.6 is 11.6 Å². The van der Waals surface area contributed by atoms with Gasteiger partial charge in [0.15, 0.2) is 0 Å². The van der Waals surface area contributed by atoms with Crippen LogP contribution in [0.5, 0.6) is 0 Å². The molecule has 0 aromatic heterocycles. The maximum absolute atomic E-state index is 6.05. The van der Waals surface area contributed by atoms with Gasteiger partial charge in [0.05, 0.1) is 5.50 Å². The van der Waals surface area contributed by atoms with E-state index in [1.165, 1.54) is 32.1 Å². The fourth-order valence-corrected chi connectivity index (χ4v) is 1.97. The number of hydrogen-bond acceptors (Lipinski definition) is 1. The molecule has 1 atom stereocenters. The fourth-order valence-electron chi connectivity index (χ4n) is 1.65. The molecule has 0 aliphatic heterocycles. The third-order valence-electron chi connectivity index (χ3n) is 2.62. The largest absolute Gasteiger partial charge is 0.301 e.